The van der Waals surface area contributed by atoms with E-state index in [1.165, 1.54) is 0 Å². The second-order valence-corrected chi connectivity index (χ2v) is 10.1. The first-order chi connectivity index (χ1) is 18.0. The number of nitrogens with one attached hydrogen (secondary N) is 1. The first-order valence-corrected chi connectivity index (χ1v) is 13.2. The fraction of sp³-hybridized carbons (Fsp3) is 0.407. The number of carbonyl (C=O) groups is 2. The molecule has 2 fully saturated rings. The zero-order valence-corrected chi connectivity index (χ0v) is 21.5. The smallest absolute Gasteiger partial charge is 0.318 e. The molecule has 2 aliphatic heterocycles. The SMILES string of the molecule is Nc1cc(N2CCN(C(=O)N[C@H]3CCCCN(CCc4cccnc4)C3=O)CC2)c2ccc(Cl)cc2n1. The number of aromatic nitrogens is 2. The highest BCUT2D eigenvalue weighted by Crippen LogP contribution is 2.30. The summed E-state index contributed by atoms with van der Waals surface area (Å²) in [5.41, 5.74) is 8.90. The molecule has 3 amide bonds. The molecule has 0 bridgehead atoms. The molecule has 0 unspecified atom stereocenters. The summed E-state index contributed by atoms with van der Waals surface area (Å²) < 4.78 is 0. The predicted octanol–water partition coefficient (Wildman–Crippen LogP) is 3.32. The van der Waals surface area contributed by atoms with Gasteiger partial charge in [0.05, 0.1) is 5.52 Å². The highest BCUT2D eigenvalue weighted by molar-refractivity contribution is 6.31. The monoisotopic (exact) mass is 521 g/mol. The zero-order chi connectivity index (χ0) is 25.8. The fourth-order valence-electron chi connectivity index (χ4n) is 5.13. The topological polar surface area (TPSA) is 108 Å². The molecule has 0 radical (unpaired) electrons. The van der Waals surface area contributed by atoms with E-state index < -0.39 is 6.04 Å². The van der Waals surface area contributed by atoms with Crippen LogP contribution in [0.3, 0.4) is 0 Å². The van der Waals surface area contributed by atoms with Crippen LogP contribution in [0.25, 0.3) is 10.9 Å². The summed E-state index contributed by atoms with van der Waals surface area (Å²) in [6.07, 6.45) is 6.85. The Hall–Kier alpha value is -3.59. The quantitative estimate of drug-likeness (QED) is 0.533. The van der Waals surface area contributed by atoms with E-state index >= 15 is 0 Å². The van der Waals surface area contributed by atoms with Crippen LogP contribution in [0.4, 0.5) is 16.3 Å². The van der Waals surface area contributed by atoms with Gasteiger partial charge in [-0.1, -0.05) is 17.7 Å². The van der Waals surface area contributed by atoms with Crippen molar-refractivity contribution in [3.05, 3.63) is 59.4 Å². The third-order valence-electron chi connectivity index (χ3n) is 7.15. The molecule has 2 aliphatic rings. The number of hydrogen-bond donors (Lipinski definition) is 2. The number of halogens is 1. The summed E-state index contributed by atoms with van der Waals surface area (Å²) in [7, 11) is 0. The third kappa shape index (κ3) is 5.88. The Bertz CT molecular complexity index is 1260. The minimum absolute atomic E-state index is 0.00534. The molecule has 2 saturated heterocycles. The molecule has 10 heteroatoms. The Morgan fingerprint density at radius 2 is 1.95 bits per heavy atom. The Morgan fingerprint density at radius 3 is 2.73 bits per heavy atom. The van der Waals surface area contributed by atoms with E-state index in [9.17, 15) is 9.59 Å². The van der Waals surface area contributed by atoms with Crippen LogP contribution in [-0.2, 0) is 11.2 Å². The van der Waals surface area contributed by atoms with Gasteiger partial charge >= 0.3 is 6.03 Å². The lowest BCUT2D eigenvalue weighted by atomic mass is 10.1. The first-order valence-electron chi connectivity index (χ1n) is 12.8. The molecule has 1 aromatic carbocycles. The third-order valence-corrected chi connectivity index (χ3v) is 7.38. The van der Waals surface area contributed by atoms with Crippen LogP contribution in [0.1, 0.15) is 24.8 Å². The number of pyridine rings is 2. The van der Waals surface area contributed by atoms with Gasteiger partial charge in [-0.2, -0.15) is 0 Å². The summed E-state index contributed by atoms with van der Waals surface area (Å²) >= 11 is 6.14. The van der Waals surface area contributed by atoms with Crippen molar-refractivity contribution in [1.29, 1.82) is 0 Å². The molecule has 5 rings (SSSR count). The second kappa shape index (κ2) is 11.2. The number of benzene rings is 1. The fourth-order valence-corrected chi connectivity index (χ4v) is 5.29. The molecule has 1 atom stereocenters. The lowest BCUT2D eigenvalue weighted by molar-refractivity contribution is -0.132. The van der Waals surface area contributed by atoms with Crippen molar-refractivity contribution in [2.75, 3.05) is 49.9 Å². The summed E-state index contributed by atoms with van der Waals surface area (Å²) in [6, 6.07) is 10.7. The van der Waals surface area contributed by atoms with Crippen LogP contribution in [-0.4, -0.2) is 77.0 Å². The minimum atomic E-state index is -0.490. The molecule has 3 N–H and O–H groups in total. The van der Waals surface area contributed by atoms with Gasteiger partial charge in [0.2, 0.25) is 5.91 Å². The maximum absolute atomic E-state index is 13.2. The molecule has 9 nitrogen and oxygen atoms in total. The van der Waals surface area contributed by atoms with Crippen LogP contribution >= 0.6 is 11.6 Å². The van der Waals surface area contributed by atoms with Crippen molar-refractivity contribution >= 4 is 45.9 Å². The van der Waals surface area contributed by atoms with Gasteiger partial charge < -0.3 is 25.8 Å². The number of urea groups is 1. The van der Waals surface area contributed by atoms with Crippen LogP contribution < -0.4 is 16.0 Å². The Balaban J connectivity index is 1.19. The number of nitrogens with zero attached hydrogens (tertiary/aromatic N) is 5. The maximum Gasteiger partial charge on any atom is 0.318 e. The first kappa shape index (κ1) is 25.1. The highest BCUT2D eigenvalue weighted by atomic mass is 35.5. The van der Waals surface area contributed by atoms with E-state index in [2.05, 4.69) is 20.2 Å². The molecule has 0 aliphatic carbocycles. The summed E-state index contributed by atoms with van der Waals surface area (Å²) in [5, 5.41) is 4.62. The lowest BCUT2D eigenvalue weighted by Crippen LogP contribution is -2.56. The van der Waals surface area contributed by atoms with E-state index in [0.717, 1.165) is 48.0 Å². The van der Waals surface area contributed by atoms with Gasteiger partial charge in [0, 0.05) is 73.8 Å². The number of piperazine rings is 1. The number of carbonyl (C=O) groups excluding carboxylic acids is 2. The molecule has 3 aromatic rings. The number of hydrogen-bond acceptors (Lipinski definition) is 6. The standard InChI is InChI=1S/C27H32ClN7O2/c28-20-6-7-21-23(16-20)31-25(29)17-24(21)33-12-14-35(15-13-33)27(37)32-22-5-1-2-10-34(26(22)36)11-8-19-4-3-9-30-18-19/h3-4,6-7,9,16-18,22H,1-2,5,8,10-15H2,(H2,29,31)(H,32,37)/t22-/m0/s1. The van der Waals surface area contributed by atoms with Gasteiger partial charge in [-0.3, -0.25) is 9.78 Å². The van der Waals surface area contributed by atoms with Gasteiger partial charge in [0.1, 0.15) is 11.9 Å². The highest BCUT2D eigenvalue weighted by Gasteiger charge is 2.30. The lowest BCUT2D eigenvalue weighted by Gasteiger charge is -2.37. The van der Waals surface area contributed by atoms with Gasteiger partial charge in [-0.15, -0.1) is 0 Å². The average molecular weight is 522 g/mol. The van der Waals surface area contributed by atoms with Crippen molar-refractivity contribution in [3.63, 3.8) is 0 Å². The molecule has 4 heterocycles. The van der Waals surface area contributed by atoms with Gasteiger partial charge in [-0.25, -0.2) is 9.78 Å². The predicted molar refractivity (Wildman–Crippen MR) is 146 cm³/mol. The summed E-state index contributed by atoms with van der Waals surface area (Å²) in [4.78, 5) is 40.8. The van der Waals surface area contributed by atoms with Crippen molar-refractivity contribution in [1.82, 2.24) is 25.1 Å². The van der Waals surface area contributed by atoms with Crippen molar-refractivity contribution < 1.29 is 9.59 Å². The van der Waals surface area contributed by atoms with Gasteiger partial charge in [-0.05, 0) is 55.5 Å². The molecule has 194 valence electrons. The van der Waals surface area contributed by atoms with E-state index in [-0.39, 0.29) is 11.9 Å². The number of rotatable bonds is 5. The van der Waals surface area contributed by atoms with E-state index in [0.29, 0.717) is 50.0 Å². The van der Waals surface area contributed by atoms with E-state index in [4.69, 9.17) is 17.3 Å². The molecule has 2 aromatic heterocycles. The number of fused-ring (bicyclic) bond motifs is 1. The van der Waals surface area contributed by atoms with Crippen molar-refractivity contribution in [3.8, 4) is 0 Å². The van der Waals surface area contributed by atoms with Crippen LogP contribution in [0.15, 0.2) is 48.8 Å². The normalized spacial score (nSPS) is 18.7. The maximum atomic E-state index is 13.2. The number of amides is 3. The van der Waals surface area contributed by atoms with Gasteiger partial charge in [0.15, 0.2) is 0 Å². The van der Waals surface area contributed by atoms with Gasteiger partial charge in [0.25, 0.3) is 0 Å². The molecule has 0 spiro atoms. The second-order valence-electron chi connectivity index (χ2n) is 9.64. The number of nitrogen functional groups attached to an aromatic ring is 1. The van der Waals surface area contributed by atoms with E-state index in [1.807, 2.05) is 47.5 Å². The van der Waals surface area contributed by atoms with Crippen LogP contribution in [0, 0.1) is 0 Å². The minimum Gasteiger partial charge on any atom is -0.384 e. The molecule has 0 saturated carbocycles. The zero-order valence-electron chi connectivity index (χ0n) is 20.8. The van der Waals surface area contributed by atoms with Crippen LogP contribution in [0.2, 0.25) is 5.02 Å². The Kier molecular flexibility index (Phi) is 7.60. The Morgan fingerprint density at radius 1 is 1.11 bits per heavy atom. The van der Waals surface area contributed by atoms with E-state index in [1.54, 1.807) is 11.1 Å². The molecular formula is C27H32ClN7O2. The summed E-state index contributed by atoms with van der Waals surface area (Å²) in [5.74, 6) is 0.440. The van der Waals surface area contributed by atoms with Crippen LogP contribution in [0.5, 0.6) is 0 Å². The number of anilines is 2. The Labute approximate surface area is 221 Å². The van der Waals surface area contributed by atoms with Crippen molar-refractivity contribution in [2.45, 2.75) is 31.7 Å². The number of likely N-dealkylation sites (tertiary alicyclic amines) is 1. The average Bonchev–Trinajstić information content (AvgIpc) is 3.08. The molecular weight excluding hydrogens is 490 g/mol. The molecule has 37 heavy (non-hydrogen) atoms. The largest absolute Gasteiger partial charge is 0.384 e. The number of nitrogens with two attached hydrogens (primary N) is 1. The summed E-state index contributed by atoms with van der Waals surface area (Å²) in [6.45, 7) is 3.76. The van der Waals surface area contributed by atoms with Crippen molar-refractivity contribution in [2.24, 2.45) is 0 Å².